The zero-order chi connectivity index (χ0) is 12.7. The van der Waals surface area contributed by atoms with Gasteiger partial charge in [0.05, 0.1) is 0 Å². The van der Waals surface area contributed by atoms with Crippen LogP contribution in [0.15, 0.2) is 24.3 Å². The predicted molar refractivity (Wildman–Crippen MR) is 64.7 cm³/mol. The number of nitrogens with one attached hydrogen (secondary N) is 1. The second-order valence-corrected chi connectivity index (χ2v) is 3.88. The van der Waals surface area contributed by atoms with Gasteiger partial charge in [-0.25, -0.2) is 4.79 Å². The van der Waals surface area contributed by atoms with E-state index in [1.807, 2.05) is 31.2 Å². The zero-order valence-corrected chi connectivity index (χ0v) is 10.2. The Balaban J connectivity index is 2.29. The van der Waals surface area contributed by atoms with Crippen LogP contribution in [0.4, 0.5) is 4.79 Å². The van der Waals surface area contributed by atoms with Gasteiger partial charge in [0.25, 0.3) is 0 Å². The van der Waals surface area contributed by atoms with Gasteiger partial charge in [0, 0.05) is 13.0 Å². The fourth-order valence-corrected chi connectivity index (χ4v) is 1.31. The normalized spacial score (nSPS) is 9.76. The lowest BCUT2D eigenvalue weighted by Gasteiger charge is -2.08. The maximum atomic E-state index is 11.3. The summed E-state index contributed by atoms with van der Waals surface area (Å²) in [5.74, 6) is 0.0456. The number of rotatable bonds is 5. The predicted octanol–water partition coefficient (Wildman–Crippen LogP) is 2.20. The summed E-state index contributed by atoms with van der Waals surface area (Å²) >= 11 is 0. The van der Waals surface area contributed by atoms with E-state index in [4.69, 9.17) is 4.74 Å². The monoisotopic (exact) mass is 235 g/mol. The van der Waals surface area contributed by atoms with Crippen molar-refractivity contribution in [1.29, 1.82) is 0 Å². The molecule has 0 heterocycles. The third-order valence-corrected chi connectivity index (χ3v) is 2.37. The van der Waals surface area contributed by atoms with Crippen LogP contribution < -0.4 is 5.32 Å². The van der Waals surface area contributed by atoms with Crippen LogP contribution in [0, 0.1) is 6.92 Å². The largest absolute Gasteiger partial charge is 0.445 e. The molecular formula is C13H17NO3. The number of alkyl carbamates (subject to hydrolysis) is 1. The molecule has 17 heavy (non-hydrogen) atoms. The van der Waals surface area contributed by atoms with Crippen molar-refractivity contribution in [2.24, 2.45) is 0 Å². The van der Waals surface area contributed by atoms with E-state index in [0.717, 1.165) is 11.1 Å². The van der Waals surface area contributed by atoms with E-state index < -0.39 is 6.09 Å². The van der Waals surface area contributed by atoms with Gasteiger partial charge in [-0.1, -0.05) is 24.3 Å². The fourth-order valence-electron chi connectivity index (χ4n) is 1.31. The average molecular weight is 235 g/mol. The maximum Gasteiger partial charge on any atom is 0.407 e. The van der Waals surface area contributed by atoms with E-state index in [-0.39, 0.29) is 12.4 Å². The molecule has 1 amide bonds. The summed E-state index contributed by atoms with van der Waals surface area (Å²) in [6.45, 7) is 4.02. The number of carbonyl (C=O) groups is 2. The van der Waals surface area contributed by atoms with Crippen LogP contribution in [0.5, 0.6) is 0 Å². The number of ether oxygens (including phenoxy) is 1. The average Bonchev–Trinajstić information content (AvgIpc) is 2.27. The Kier molecular flexibility index (Phi) is 5.20. The molecule has 0 atom stereocenters. The molecule has 4 heteroatoms. The maximum absolute atomic E-state index is 11.3. The molecule has 92 valence electrons. The molecule has 0 fully saturated rings. The number of benzene rings is 1. The molecule has 1 N–H and O–H groups in total. The highest BCUT2D eigenvalue weighted by molar-refractivity contribution is 5.76. The Labute approximate surface area is 101 Å². The topological polar surface area (TPSA) is 55.4 Å². The quantitative estimate of drug-likeness (QED) is 0.851. The van der Waals surface area contributed by atoms with Crippen LogP contribution in [0.1, 0.15) is 24.5 Å². The second-order valence-electron chi connectivity index (χ2n) is 3.88. The van der Waals surface area contributed by atoms with Crippen molar-refractivity contribution in [2.75, 3.05) is 6.54 Å². The Morgan fingerprint density at radius 2 is 2.00 bits per heavy atom. The zero-order valence-electron chi connectivity index (χ0n) is 10.2. The van der Waals surface area contributed by atoms with Crippen molar-refractivity contribution in [3.63, 3.8) is 0 Å². The molecular weight excluding hydrogens is 218 g/mol. The summed E-state index contributed by atoms with van der Waals surface area (Å²) in [6, 6.07) is 7.72. The van der Waals surface area contributed by atoms with Gasteiger partial charge in [0.1, 0.15) is 12.4 Å². The second kappa shape index (κ2) is 6.68. The van der Waals surface area contributed by atoms with Gasteiger partial charge >= 0.3 is 6.09 Å². The number of Topliss-reactive ketones (excluding diaryl/α,β-unsaturated/α-hetero) is 1. The van der Waals surface area contributed by atoms with Gasteiger partial charge in [-0.15, -0.1) is 0 Å². The first-order chi connectivity index (χ1) is 8.09. The van der Waals surface area contributed by atoms with E-state index in [0.29, 0.717) is 13.0 Å². The molecule has 1 aromatic rings. The highest BCUT2D eigenvalue weighted by Gasteiger charge is 2.04. The Morgan fingerprint density at radius 3 is 2.65 bits per heavy atom. The summed E-state index contributed by atoms with van der Waals surface area (Å²) in [7, 11) is 0. The van der Waals surface area contributed by atoms with Crippen LogP contribution in [-0.4, -0.2) is 18.4 Å². The Morgan fingerprint density at radius 1 is 1.29 bits per heavy atom. The highest BCUT2D eigenvalue weighted by Crippen LogP contribution is 2.07. The van der Waals surface area contributed by atoms with Gasteiger partial charge in [-0.05, 0) is 25.0 Å². The lowest BCUT2D eigenvalue weighted by Crippen LogP contribution is -2.26. The minimum Gasteiger partial charge on any atom is -0.445 e. The first kappa shape index (κ1) is 13.2. The van der Waals surface area contributed by atoms with E-state index in [1.54, 1.807) is 0 Å². The number of carbonyl (C=O) groups excluding carboxylic acids is 2. The van der Waals surface area contributed by atoms with Crippen molar-refractivity contribution in [1.82, 2.24) is 5.32 Å². The summed E-state index contributed by atoms with van der Waals surface area (Å²) in [5.41, 5.74) is 2.07. The lowest BCUT2D eigenvalue weighted by atomic mass is 10.1. The standard InChI is InChI=1S/C13H17NO3/c1-10-5-3-4-6-12(10)9-17-13(16)14-8-7-11(2)15/h3-6H,7-9H2,1-2H3,(H,14,16). The summed E-state index contributed by atoms with van der Waals surface area (Å²) in [6.07, 6.45) is -0.158. The number of hydrogen-bond donors (Lipinski definition) is 1. The molecule has 0 saturated heterocycles. The summed E-state index contributed by atoms with van der Waals surface area (Å²) in [5, 5.41) is 2.52. The summed E-state index contributed by atoms with van der Waals surface area (Å²) in [4.78, 5) is 21.9. The molecule has 4 nitrogen and oxygen atoms in total. The van der Waals surface area contributed by atoms with Gasteiger partial charge in [0.2, 0.25) is 0 Å². The Bertz CT molecular complexity index is 401. The lowest BCUT2D eigenvalue weighted by molar-refractivity contribution is -0.116. The number of ketones is 1. The number of amides is 1. The van der Waals surface area contributed by atoms with E-state index in [2.05, 4.69) is 5.32 Å². The van der Waals surface area contributed by atoms with Crippen molar-refractivity contribution in [3.8, 4) is 0 Å². The van der Waals surface area contributed by atoms with E-state index in [1.165, 1.54) is 6.92 Å². The van der Waals surface area contributed by atoms with E-state index in [9.17, 15) is 9.59 Å². The van der Waals surface area contributed by atoms with Gasteiger partial charge in [-0.2, -0.15) is 0 Å². The molecule has 0 bridgehead atoms. The van der Waals surface area contributed by atoms with Crippen LogP contribution in [0.25, 0.3) is 0 Å². The summed E-state index contributed by atoms with van der Waals surface area (Å²) < 4.78 is 5.03. The molecule has 0 aromatic heterocycles. The number of aryl methyl sites for hydroxylation is 1. The third-order valence-electron chi connectivity index (χ3n) is 2.37. The van der Waals surface area contributed by atoms with Crippen molar-refractivity contribution >= 4 is 11.9 Å². The SMILES string of the molecule is CC(=O)CCNC(=O)OCc1ccccc1C. The minimum atomic E-state index is -0.491. The number of hydrogen-bond acceptors (Lipinski definition) is 3. The fraction of sp³-hybridized carbons (Fsp3) is 0.385. The molecule has 0 unspecified atom stereocenters. The molecule has 0 radical (unpaired) electrons. The van der Waals surface area contributed by atoms with Crippen molar-refractivity contribution in [2.45, 2.75) is 26.9 Å². The molecule has 0 aliphatic heterocycles. The van der Waals surface area contributed by atoms with Crippen molar-refractivity contribution in [3.05, 3.63) is 35.4 Å². The first-order valence-corrected chi connectivity index (χ1v) is 5.54. The Hall–Kier alpha value is -1.84. The highest BCUT2D eigenvalue weighted by atomic mass is 16.5. The smallest absolute Gasteiger partial charge is 0.407 e. The molecule has 0 aliphatic carbocycles. The third kappa shape index (κ3) is 5.15. The van der Waals surface area contributed by atoms with Crippen LogP contribution in [0.2, 0.25) is 0 Å². The van der Waals surface area contributed by atoms with Crippen LogP contribution in [0.3, 0.4) is 0 Å². The molecule has 0 saturated carbocycles. The van der Waals surface area contributed by atoms with Gasteiger partial charge < -0.3 is 10.1 Å². The molecule has 0 spiro atoms. The molecule has 0 aliphatic rings. The molecule has 1 aromatic carbocycles. The van der Waals surface area contributed by atoms with E-state index >= 15 is 0 Å². The minimum absolute atomic E-state index is 0.0456. The van der Waals surface area contributed by atoms with Crippen molar-refractivity contribution < 1.29 is 14.3 Å². The van der Waals surface area contributed by atoms with Gasteiger partial charge in [0.15, 0.2) is 0 Å². The van der Waals surface area contributed by atoms with Crippen LogP contribution in [-0.2, 0) is 16.1 Å². The van der Waals surface area contributed by atoms with Crippen LogP contribution >= 0.6 is 0 Å². The van der Waals surface area contributed by atoms with Gasteiger partial charge in [-0.3, -0.25) is 4.79 Å². The first-order valence-electron chi connectivity index (χ1n) is 5.54. The molecule has 1 rings (SSSR count).